The van der Waals surface area contributed by atoms with Crippen LogP contribution in [-0.2, 0) is 9.59 Å². The lowest BCUT2D eigenvalue weighted by Gasteiger charge is -2.35. The fourth-order valence-electron chi connectivity index (χ4n) is 4.74. The first-order valence-corrected chi connectivity index (χ1v) is 10.7. The Bertz CT molecular complexity index is 687. The summed E-state index contributed by atoms with van der Waals surface area (Å²) in [6.45, 7) is 3.35. The highest BCUT2D eigenvalue weighted by molar-refractivity contribution is 5.85. The Morgan fingerprint density at radius 2 is 1.76 bits per heavy atom. The molecule has 160 valence electrons. The van der Waals surface area contributed by atoms with E-state index in [0.717, 1.165) is 44.6 Å². The molecule has 3 saturated heterocycles. The third-order valence-corrected chi connectivity index (χ3v) is 6.29. The third kappa shape index (κ3) is 5.64. The predicted octanol–water partition coefficient (Wildman–Crippen LogP) is 2.47. The number of piperidine rings is 1. The van der Waals surface area contributed by atoms with Crippen molar-refractivity contribution in [2.24, 2.45) is 5.92 Å². The van der Waals surface area contributed by atoms with Crippen LogP contribution in [0.5, 0.6) is 5.75 Å². The second-order valence-electron chi connectivity index (χ2n) is 8.30. The van der Waals surface area contributed by atoms with E-state index in [2.05, 4.69) is 5.32 Å². The number of fused-ring (bicyclic) bond motifs is 2. The Balaban J connectivity index is 0.00000240. The molecule has 0 aliphatic carbocycles. The number of likely N-dealkylation sites (tertiary alicyclic amines) is 2. The number of benzene rings is 1. The van der Waals surface area contributed by atoms with Crippen LogP contribution in [0.2, 0.25) is 0 Å². The van der Waals surface area contributed by atoms with Crippen LogP contribution in [0.3, 0.4) is 0 Å². The van der Waals surface area contributed by atoms with E-state index in [1.54, 1.807) is 0 Å². The molecule has 29 heavy (non-hydrogen) atoms. The van der Waals surface area contributed by atoms with Crippen molar-refractivity contribution in [3.8, 4) is 5.75 Å². The highest BCUT2D eigenvalue weighted by Crippen LogP contribution is 2.24. The van der Waals surface area contributed by atoms with Gasteiger partial charge in [-0.1, -0.05) is 18.2 Å². The van der Waals surface area contributed by atoms with Gasteiger partial charge in [-0.05, 0) is 44.2 Å². The van der Waals surface area contributed by atoms with Crippen molar-refractivity contribution in [1.29, 1.82) is 0 Å². The quantitative estimate of drug-likeness (QED) is 0.793. The summed E-state index contributed by atoms with van der Waals surface area (Å²) < 4.78 is 5.65. The van der Waals surface area contributed by atoms with E-state index in [1.165, 1.54) is 12.8 Å². The van der Waals surface area contributed by atoms with Crippen LogP contribution < -0.4 is 10.1 Å². The van der Waals surface area contributed by atoms with Gasteiger partial charge in [0.2, 0.25) is 11.8 Å². The summed E-state index contributed by atoms with van der Waals surface area (Å²) in [6, 6.07) is 10.6. The van der Waals surface area contributed by atoms with Crippen molar-refractivity contribution in [1.82, 2.24) is 15.1 Å². The van der Waals surface area contributed by atoms with Crippen LogP contribution in [0.4, 0.5) is 0 Å². The Labute approximate surface area is 179 Å². The number of hydrogen-bond donors (Lipinski definition) is 1. The van der Waals surface area contributed by atoms with Gasteiger partial charge in [0.05, 0.1) is 18.9 Å². The molecule has 1 N–H and O–H groups in total. The molecule has 3 aliphatic heterocycles. The Hall–Kier alpha value is -1.79. The molecule has 2 amide bonds. The summed E-state index contributed by atoms with van der Waals surface area (Å²) in [5, 5.41) is 3.63. The summed E-state index contributed by atoms with van der Waals surface area (Å²) >= 11 is 0. The number of amides is 2. The van der Waals surface area contributed by atoms with Crippen LogP contribution in [-0.4, -0.2) is 66.5 Å². The lowest BCUT2D eigenvalue weighted by molar-refractivity contribution is -0.141. The molecule has 3 aliphatic rings. The minimum atomic E-state index is -0.0515. The fourth-order valence-corrected chi connectivity index (χ4v) is 4.74. The molecule has 2 bridgehead atoms. The van der Waals surface area contributed by atoms with Crippen LogP contribution in [0.15, 0.2) is 30.3 Å². The van der Waals surface area contributed by atoms with Gasteiger partial charge in [0.15, 0.2) is 0 Å². The van der Waals surface area contributed by atoms with Gasteiger partial charge in [-0.2, -0.15) is 0 Å². The lowest BCUT2D eigenvalue weighted by Crippen LogP contribution is -2.48. The summed E-state index contributed by atoms with van der Waals surface area (Å²) in [5.74, 6) is 1.06. The number of ether oxygens (including phenoxy) is 1. The molecular weight excluding hydrogens is 390 g/mol. The first-order valence-electron chi connectivity index (χ1n) is 10.7. The molecule has 6 nitrogen and oxygen atoms in total. The van der Waals surface area contributed by atoms with Gasteiger partial charge in [0.25, 0.3) is 0 Å². The topological polar surface area (TPSA) is 61.9 Å². The van der Waals surface area contributed by atoms with Crippen molar-refractivity contribution in [2.75, 3.05) is 32.8 Å². The molecule has 3 heterocycles. The highest BCUT2D eigenvalue weighted by Gasteiger charge is 2.35. The van der Waals surface area contributed by atoms with Crippen molar-refractivity contribution >= 4 is 24.2 Å². The van der Waals surface area contributed by atoms with Crippen molar-refractivity contribution in [3.05, 3.63) is 30.3 Å². The minimum Gasteiger partial charge on any atom is -0.493 e. The second-order valence-corrected chi connectivity index (χ2v) is 8.30. The summed E-state index contributed by atoms with van der Waals surface area (Å²) in [6.07, 6.45) is 5.61. The summed E-state index contributed by atoms with van der Waals surface area (Å²) in [7, 11) is 0. The maximum absolute atomic E-state index is 13.1. The number of halogens is 1. The Morgan fingerprint density at radius 1 is 0.966 bits per heavy atom. The van der Waals surface area contributed by atoms with Crippen LogP contribution in [0, 0.1) is 5.92 Å². The lowest BCUT2D eigenvalue weighted by atomic mass is 9.95. The fraction of sp³-hybridized carbons (Fsp3) is 0.636. The molecule has 1 aromatic carbocycles. The summed E-state index contributed by atoms with van der Waals surface area (Å²) in [5.41, 5.74) is 0. The number of nitrogens with one attached hydrogen (secondary N) is 1. The normalized spacial score (nSPS) is 26.4. The van der Waals surface area contributed by atoms with E-state index in [0.29, 0.717) is 31.7 Å². The van der Waals surface area contributed by atoms with E-state index in [1.807, 2.05) is 40.1 Å². The molecule has 3 fully saturated rings. The van der Waals surface area contributed by atoms with Crippen molar-refractivity contribution in [2.45, 2.75) is 50.6 Å². The molecular formula is C22H32ClN3O3. The van der Waals surface area contributed by atoms with E-state index in [-0.39, 0.29) is 30.1 Å². The first-order chi connectivity index (χ1) is 13.7. The predicted molar refractivity (Wildman–Crippen MR) is 114 cm³/mol. The third-order valence-electron chi connectivity index (χ3n) is 6.29. The number of carbonyl (C=O) groups excluding carboxylic acids is 2. The molecule has 0 spiro atoms. The van der Waals surface area contributed by atoms with E-state index < -0.39 is 0 Å². The number of carbonyl (C=O) groups is 2. The average Bonchev–Trinajstić information content (AvgIpc) is 3.07. The van der Waals surface area contributed by atoms with Gasteiger partial charge in [-0.25, -0.2) is 0 Å². The molecule has 3 unspecified atom stereocenters. The minimum absolute atomic E-state index is 0. The number of para-hydroxylation sites is 1. The zero-order valence-corrected chi connectivity index (χ0v) is 17.7. The SMILES string of the molecule is Cl.O=C(CCOc1ccccc1)N1CCCC(C(=O)N2CCC3CCC(C2)N3)C1. The maximum Gasteiger partial charge on any atom is 0.227 e. The van der Waals surface area contributed by atoms with Gasteiger partial charge in [-0.15, -0.1) is 12.4 Å². The number of hydrogen-bond acceptors (Lipinski definition) is 4. The van der Waals surface area contributed by atoms with Crippen LogP contribution in [0.25, 0.3) is 0 Å². The van der Waals surface area contributed by atoms with Gasteiger partial charge >= 0.3 is 0 Å². The van der Waals surface area contributed by atoms with E-state index >= 15 is 0 Å². The second kappa shape index (κ2) is 10.3. The maximum atomic E-state index is 13.1. The molecule has 0 saturated carbocycles. The largest absolute Gasteiger partial charge is 0.493 e. The average molecular weight is 422 g/mol. The number of rotatable bonds is 5. The van der Waals surface area contributed by atoms with Gasteiger partial charge in [0.1, 0.15) is 5.75 Å². The highest BCUT2D eigenvalue weighted by atomic mass is 35.5. The number of nitrogens with zero attached hydrogens (tertiary/aromatic N) is 2. The standard InChI is InChI=1S/C22H31N3O3.ClH/c26-21(11-14-28-20-6-2-1-3-7-20)24-12-4-5-17(15-24)22(27)25-13-10-18-8-9-19(16-25)23-18;/h1-3,6-7,17-19,23H,4-5,8-16H2;1H. The van der Waals surface area contributed by atoms with Gasteiger partial charge in [0, 0.05) is 38.3 Å². The Morgan fingerprint density at radius 3 is 2.59 bits per heavy atom. The molecule has 1 aromatic rings. The zero-order chi connectivity index (χ0) is 19.3. The van der Waals surface area contributed by atoms with Gasteiger partial charge in [-0.3, -0.25) is 9.59 Å². The molecule has 3 atom stereocenters. The Kier molecular flexibility index (Phi) is 7.78. The van der Waals surface area contributed by atoms with Crippen LogP contribution >= 0.6 is 12.4 Å². The van der Waals surface area contributed by atoms with Crippen molar-refractivity contribution < 1.29 is 14.3 Å². The smallest absolute Gasteiger partial charge is 0.227 e. The van der Waals surface area contributed by atoms with Crippen molar-refractivity contribution in [3.63, 3.8) is 0 Å². The van der Waals surface area contributed by atoms with Crippen LogP contribution in [0.1, 0.15) is 38.5 Å². The summed E-state index contributed by atoms with van der Waals surface area (Å²) in [4.78, 5) is 29.6. The first kappa shape index (κ1) is 21.9. The zero-order valence-electron chi connectivity index (χ0n) is 16.9. The van der Waals surface area contributed by atoms with E-state index in [9.17, 15) is 9.59 Å². The van der Waals surface area contributed by atoms with E-state index in [4.69, 9.17) is 4.74 Å². The molecule has 4 rings (SSSR count). The van der Waals surface area contributed by atoms with Gasteiger partial charge < -0.3 is 19.9 Å². The monoisotopic (exact) mass is 421 g/mol. The molecule has 0 radical (unpaired) electrons. The molecule has 7 heteroatoms. The molecule has 0 aromatic heterocycles.